The topological polar surface area (TPSA) is 12.0 Å². The summed E-state index contributed by atoms with van der Waals surface area (Å²) in [4.78, 5) is 0. The summed E-state index contributed by atoms with van der Waals surface area (Å²) in [5.41, 5.74) is 0. The van der Waals surface area contributed by atoms with E-state index in [2.05, 4.69) is 54.0 Å². The van der Waals surface area contributed by atoms with Crippen molar-refractivity contribution < 1.29 is 0 Å². The SMILES string of the molecule is CC/C=C/CCCC(CCCCCI)NC. The Morgan fingerprint density at radius 1 is 1.06 bits per heavy atom. The summed E-state index contributed by atoms with van der Waals surface area (Å²) in [7, 11) is 2.10. The van der Waals surface area contributed by atoms with E-state index in [1.807, 2.05) is 0 Å². The maximum atomic E-state index is 3.44. The molecule has 0 amide bonds. The first kappa shape index (κ1) is 16.4. The molecule has 1 N–H and O–H groups in total. The largest absolute Gasteiger partial charge is 0.317 e. The quantitative estimate of drug-likeness (QED) is 0.249. The monoisotopic (exact) mass is 337 g/mol. The third-order valence-electron chi connectivity index (χ3n) is 2.92. The number of hydrogen-bond donors (Lipinski definition) is 1. The smallest absolute Gasteiger partial charge is 0.00641 e. The van der Waals surface area contributed by atoms with Crippen LogP contribution in [0.2, 0.25) is 0 Å². The van der Waals surface area contributed by atoms with E-state index in [4.69, 9.17) is 0 Å². The van der Waals surface area contributed by atoms with Gasteiger partial charge in [-0.1, -0.05) is 54.5 Å². The molecule has 1 atom stereocenters. The van der Waals surface area contributed by atoms with Crippen molar-refractivity contribution in [3.8, 4) is 0 Å². The number of rotatable bonds is 11. The van der Waals surface area contributed by atoms with Gasteiger partial charge in [0.1, 0.15) is 0 Å². The lowest BCUT2D eigenvalue weighted by molar-refractivity contribution is 0.455. The standard InChI is InChI=1S/C14H28IN/c1-3-4-5-6-8-11-14(16-2)12-9-7-10-13-15/h4-5,14,16H,3,6-13H2,1-2H3/b5-4+. The third kappa shape index (κ3) is 10.9. The summed E-state index contributed by atoms with van der Waals surface area (Å²) in [6.07, 6.45) is 15.2. The van der Waals surface area contributed by atoms with Crippen LogP contribution in [0.3, 0.4) is 0 Å². The average Bonchev–Trinajstić information content (AvgIpc) is 2.31. The summed E-state index contributed by atoms with van der Waals surface area (Å²) in [6.45, 7) is 2.19. The number of alkyl halides is 1. The number of nitrogens with one attached hydrogen (secondary N) is 1. The fourth-order valence-electron chi connectivity index (χ4n) is 1.86. The molecule has 0 heterocycles. The molecule has 0 aliphatic carbocycles. The van der Waals surface area contributed by atoms with E-state index in [0.29, 0.717) is 0 Å². The minimum atomic E-state index is 0.740. The first-order valence-corrected chi connectivity index (χ1v) is 8.25. The summed E-state index contributed by atoms with van der Waals surface area (Å²) >= 11 is 2.47. The van der Waals surface area contributed by atoms with E-state index < -0.39 is 0 Å². The zero-order chi connectivity index (χ0) is 12.1. The third-order valence-corrected chi connectivity index (χ3v) is 3.68. The van der Waals surface area contributed by atoms with Crippen LogP contribution in [0.25, 0.3) is 0 Å². The summed E-state index contributed by atoms with van der Waals surface area (Å²) in [6, 6.07) is 0.740. The number of allylic oxidation sites excluding steroid dienone is 2. The van der Waals surface area contributed by atoms with Gasteiger partial charge in [0.2, 0.25) is 0 Å². The molecule has 0 spiro atoms. The fraction of sp³-hybridized carbons (Fsp3) is 0.857. The van der Waals surface area contributed by atoms with Gasteiger partial charge in [0.05, 0.1) is 0 Å². The van der Waals surface area contributed by atoms with E-state index in [1.54, 1.807) is 0 Å². The molecule has 96 valence electrons. The molecule has 2 heteroatoms. The average molecular weight is 337 g/mol. The van der Waals surface area contributed by atoms with Gasteiger partial charge in [-0.3, -0.25) is 0 Å². The van der Waals surface area contributed by atoms with Crippen molar-refractivity contribution in [1.29, 1.82) is 0 Å². The molecular formula is C14H28IN. The summed E-state index contributed by atoms with van der Waals surface area (Å²) in [5, 5.41) is 3.44. The lowest BCUT2D eigenvalue weighted by Gasteiger charge is -2.15. The van der Waals surface area contributed by atoms with Crippen molar-refractivity contribution in [1.82, 2.24) is 5.32 Å². The molecule has 0 aromatic heterocycles. The van der Waals surface area contributed by atoms with Gasteiger partial charge >= 0.3 is 0 Å². The minimum Gasteiger partial charge on any atom is -0.317 e. The predicted molar refractivity (Wildman–Crippen MR) is 83.5 cm³/mol. The normalized spacial score (nSPS) is 13.4. The van der Waals surface area contributed by atoms with Gasteiger partial charge in [0.15, 0.2) is 0 Å². The molecule has 1 unspecified atom stereocenters. The Morgan fingerprint density at radius 2 is 1.81 bits per heavy atom. The Balaban J connectivity index is 3.40. The highest BCUT2D eigenvalue weighted by Crippen LogP contribution is 2.10. The zero-order valence-electron chi connectivity index (χ0n) is 11.0. The second-order valence-electron chi connectivity index (χ2n) is 4.33. The Kier molecular flexibility index (Phi) is 13.9. The molecule has 0 saturated heterocycles. The highest BCUT2D eigenvalue weighted by atomic mass is 127. The van der Waals surface area contributed by atoms with Crippen LogP contribution in [0.1, 0.15) is 58.3 Å². The first-order chi connectivity index (χ1) is 7.85. The summed E-state index contributed by atoms with van der Waals surface area (Å²) in [5.74, 6) is 0. The van der Waals surface area contributed by atoms with Crippen LogP contribution < -0.4 is 5.32 Å². The van der Waals surface area contributed by atoms with Crippen LogP contribution in [-0.4, -0.2) is 17.5 Å². The molecule has 0 aromatic rings. The van der Waals surface area contributed by atoms with E-state index in [-0.39, 0.29) is 0 Å². The van der Waals surface area contributed by atoms with Gasteiger partial charge in [-0.2, -0.15) is 0 Å². The van der Waals surface area contributed by atoms with Gasteiger partial charge in [-0.15, -0.1) is 0 Å². The van der Waals surface area contributed by atoms with Crippen LogP contribution in [0.4, 0.5) is 0 Å². The Bertz CT molecular complexity index is 157. The second-order valence-corrected chi connectivity index (χ2v) is 5.41. The van der Waals surface area contributed by atoms with Gasteiger partial charge in [0.25, 0.3) is 0 Å². The molecule has 0 aliphatic rings. The van der Waals surface area contributed by atoms with Crippen LogP contribution in [0, 0.1) is 0 Å². The van der Waals surface area contributed by atoms with E-state index in [1.165, 1.54) is 55.8 Å². The van der Waals surface area contributed by atoms with E-state index in [9.17, 15) is 0 Å². The maximum Gasteiger partial charge on any atom is 0.00641 e. The molecule has 16 heavy (non-hydrogen) atoms. The van der Waals surface area contributed by atoms with Gasteiger partial charge < -0.3 is 5.32 Å². The number of halogens is 1. The number of unbranched alkanes of at least 4 members (excludes halogenated alkanes) is 3. The van der Waals surface area contributed by atoms with Crippen LogP contribution in [0.5, 0.6) is 0 Å². The van der Waals surface area contributed by atoms with Crippen molar-refractivity contribution >= 4 is 22.6 Å². The van der Waals surface area contributed by atoms with Crippen LogP contribution in [0.15, 0.2) is 12.2 Å². The zero-order valence-corrected chi connectivity index (χ0v) is 13.1. The highest BCUT2D eigenvalue weighted by Gasteiger charge is 2.04. The fourth-order valence-corrected chi connectivity index (χ4v) is 2.40. The molecule has 1 nitrogen and oxygen atoms in total. The molecular weight excluding hydrogens is 309 g/mol. The van der Waals surface area contributed by atoms with Crippen molar-refractivity contribution in [2.24, 2.45) is 0 Å². The lowest BCUT2D eigenvalue weighted by Crippen LogP contribution is -2.24. The Morgan fingerprint density at radius 3 is 2.44 bits per heavy atom. The van der Waals surface area contributed by atoms with Crippen LogP contribution in [-0.2, 0) is 0 Å². The molecule has 0 saturated carbocycles. The van der Waals surface area contributed by atoms with E-state index in [0.717, 1.165) is 6.04 Å². The minimum absolute atomic E-state index is 0.740. The van der Waals surface area contributed by atoms with Crippen molar-refractivity contribution in [2.75, 3.05) is 11.5 Å². The summed E-state index contributed by atoms with van der Waals surface area (Å²) < 4.78 is 1.31. The van der Waals surface area contributed by atoms with Crippen molar-refractivity contribution in [3.63, 3.8) is 0 Å². The van der Waals surface area contributed by atoms with Gasteiger partial charge in [0, 0.05) is 6.04 Å². The number of hydrogen-bond acceptors (Lipinski definition) is 1. The second kappa shape index (κ2) is 13.5. The maximum absolute atomic E-state index is 3.44. The lowest BCUT2D eigenvalue weighted by atomic mass is 10.0. The highest BCUT2D eigenvalue weighted by molar-refractivity contribution is 14.1. The van der Waals surface area contributed by atoms with Crippen molar-refractivity contribution in [3.05, 3.63) is 12.2 Å². The molecule has 0 rings (SSSR count). The van der Waals surface area contributed by atoms with E-state index >= 15 is 0 Å². The molecule has 0 bridgehead atoms. The molecule has 0 aromatic carbocycles. The Hall–Kier alpha value is 0.430. The van der Waals surface area contributed by atoms with Crippen LogP contribution >= 0.6 is 22.6 Å². The molecule has 0 fully saturated rings. The van der Waals surface area contributed by atoms with Gasteiger partial charge in [-0.05, 0) is 50.0 Å². The van der Waals surface area contributed by atoms with Crippen molar-refractivity contribution in [2.45, 2.75) is 64.3 Å². The van der Waals surface area contributed by atoms with Gasteiger partial charge in [-0.25, -0.2) is 0 Å². The predicted octanol–water partition coefficient (Wildman–Crippen LogP) is 4.71. The Labute approximate surface area is 116 Å². The molecule has 0 radical (unpaired) electrons. The molecule has 0 aliphatic heterocycles. The first-order valence-electron chi connectivity index (χ1n) is 6.73.